The van der Waals surface area contributed by atoms with Crippen molar-refractivity contribution in [2.24, 2.45) is 0 Å². The minimum absolute atomic E-state index is 0.155. The average molecular weight is 312 g/mol. The number of amides is 1. The summed E-state index contributed by atoms with van der Waals surface area (Å²) in [7, 11) is 2.07. The SMILES string of the molecule is CN1CCCC(NC(=O)c2cccnc2Oc2cccnc2)C1. The fourth-order valence-corrected chi connectivity index (χ4v) is 2.71. The van der Waals surface area contributed by atoms with Gasteiger partial charge in [-0.15, -0.1) is 0 Å². The van der Waals surface area contributed by atoms with Crippen molar-refractivity contribution in [3.63, 3.8) is 0 Å². The molecule has 1 aliphatic rings. The molecule has 2 aromatic heterocycles. The number of aromatic nitrogens is 2. The normalized spacial score (nSPS) is 18.4. The number of rotatable bonds is 4. The number of carbonyl (C=O) groups is 1. The van der Waals surface area contributed by atoms with Gasteiger partial charge in [0, 0.05) is 25.0 Å². The van der Waals surface area contributed by atoms with E-state index < -0.39 is 0 Å². The molecular weight excluding hydrogens is 292 g/mol. The van der Waals surface area contributed by atoms with E-state index in [1.807, 2.05) is 0 Å². The van der Waals surface area contributed by atoms with Gasteiger partial charge in [0.25, 0.3) is 5.91 Å². The number of ether oxygens (including phenoxy) is 1. The Bertz CT molecular complexity index is 663. The Kier molecular flexibility index (Phi) is 4.83. The molecule has 23 heavy (non-hydrogen) atoms. The Balaban J connectivity index is 1.73. The molecule has 1 saturated heterocycles. The van der Waals surface area contributed by atoms with Gasteiger partial charge in [-0.25, -0.2) is 4.98 Å². The number of carbonyl (C=O) groups excluding carboxylic acids is 1. The molecule has 1 amide bonds. The van der Waals surface area contributed by atoms with Gasteiger partial charge in [-0.05, 0) is 50.7 Å². The van der Waals surface area contributed by atoms with Crippen LogP contribution in [0, 0.1) is 0 Å². The van der Waals surface area contributed by atoms with Gasteiger partial charge in [-0.1, -0.05) is 0 Å². The second-order valence-electron chi connectivity index (χ2n) is 5.72. The third-order valence-electron chi connectivity index (χ3n) is 3.82. The molecule has 3 heterocycles. The van der Waals surface area contributed by atoms with E-state index in [0.29, 0.717) is 17.2 Å². The van der Waals surface area contributed by atoms with Crippen molar-refractivity contribution < 1.29 is 9.53 Å². The number of likely N-dealkylation sites (N-methyl/N-ethyl adjacent to an activating group) is 1. The second kappa shape index (κ2) is 7.19. The largest absolute Gasteiger partial charge is 0.437 e. The molecule has 6 nitrogen and oxygen atoms in total. The maximum atomic E-state index is 12.6. The lowest BCUT2D eigenvalue weighted by Crippen LogP contribution is -2.46. The minimum Gasteiger partial charge on any atom is -0.437 e. The van der Waals surface area contributed by atoms with E-state index >= 15 is 0 Å². The first kappa shape index (κ1) is 15.4. The van der Waals surface area contributed by atoms with Crippen LogP contribution in [0.2, 0.25) is 0 Å². The first-order chi connectivity index (χ1) is 11.2. The van der Waals surface area contributed by atoms with Crippen LogP contribution < -0.4 is 10.1 Å². The van der Waals surface area contributed by atoms with Crippen molar-refractivity contribution in [3.8, 4) is 11.6 Å². The summed E-state index contributed by atoms with van der Waals surface area (Å²) >= 11 is 0. The maximum Gasteiger partial charge on any atom is 0.257 e. The second-order valence-corrected chi connectivity index (χ2v) is 5.72. The van der Waals surface area contributed by atoms with Crippen molar-refractivity contribution in [2.45, 2.75) is 18.9 Å². The Labute approximate surface area is 135 Å². The van der Waals surface area contributed by atoms with E-state index in [0.717, 1.165) is 25.9 Å². The van der Waals surface area contributed by atoms with Crippen LogP contribution in [-0.2, 0) is 0 Å². The molecule has 2 aromatic rings. The standard InChI is InChI=1S/C17H20N4O2/c1-21-10-4-5-13(12-21)20-16(22)15-7-3-9-19-17(15)23-14-6-2-8-18-11-14/h2-3,6-9,11,13H,4-5,10,12H2,1H3,(H,20,22). The molecule has 0 spiro atoms. The predicted octanol–water partition coefficient (Wildman–Crippen LogP) is 2.09. The van der Waals surface area contributed by atoms with Gasteiger partial charge in [-0.3, -0.25) is 9.78 Å². The number of likely N-dealkylation sites (tertiary alicyclic amines) is 1. The lowest BCUT2D eigenvalue weighted by atomic mass is 10.1. The fourth-order valence-electron chi connectivity index (χ4n) is 2.71. The van der Waals surface area contributed by atoms with Gasteiger partial charge in [-0.2, -0.15) is 0 Å². The summed E-state index contributed by atoms with van der Waals surface area (Å²) in [4.78, 5) is 23.0. The molecule has 1 aliphatic heterocycles. The van der Waals surface area contributed by atoms with Crippen molar-refractivity contribution in [1.82, 2.24) is 20.2 Å². The number of nitrogens with zero attached hydrogens (tertiary/aromatic N) is 3. The average Bonchev–Trinajstić information content (AvgIpc) is 2.56. The number of nitrogens with one attached hydrogen (secondary N) is 1. The molecule has 1 fully saturated rings. The third kappa shape index (κ3) is 4.04. The summed E-state index contributed by atoms with van der Waals surface area (Å²) in [6, 6.07) is 7.17. The van der Waals surface area contributed by atoms with Gasteiger partial charge in [0.15, 0.2) is 0 Å². The van der Waals surface area contributed by atoms with Crippen molar-refractivity contribution in [3.05, 3.63) is 48.4 Å². The van der Waals surface area contributed by atoms with E-state index in [1.165, 1.54) is 0 Å². The first-order valence-electron chi connectivity index (χ1n) is 7.74. The van der Waals surface area contributed by atoms with Crippen molar-refractivity contribution in [2.75, 3.05) is 20.1 Å². The zero-order chi connectivity index (χ0) is 16.1. The van der Waals surface area contributed by atoms with Gasteiger partial charge in [0.05, 0.1) is 6.20 Å². The summed E-state index contributed by atoms with van der Waals surface area (Å²) in [5.74, 6) is 0.692. The van der Waals surface area contributed by atoms with Gasteiger partial charge in [0.1, 0.15) is 11.3 Å². The molecule has 6 heteroatoms. The molecule has 3 rings (SSSR count). The molecule has 1 N–H and O–H groups in total. The topological polar surface area (TPSA) is 67.4 Å². The van der Waals surface area contributed by atoms with Crippen LogP contribution in [0.1, 0.15) is 23.2 Å². The molecule has 0 saturated carbocycles. The van der Waals surface area contributed by atoms with Crippen LogP contribution in [0.3, 0.4) is 0 Å². The van der Waals surface area contributed by atoms with Crippen LogP contribution >= 0.6 is 0 Å². The Morgan fingerprint density at radius 1 is 1.35 bits per heavy atom. The monoisotopic (exact) mass is 312 g/mol. The number of pyridine rings is 2. The summed E-state index contributed by atoms with van der Waals surface area (Å²) in [6.07, 6.45) is 6.95. The molecular formula is C17H20N4O2. The highest BCUT2D eigenvalue weighted by molar-refractivity contribution is 5.96. The summed E-state index contributed by atoms with van der Waals surface area (Å²) in [5, 5.41) is 3.08. The van der Waals surface area contributed by atoms with Gasteiger partial charge in [0.2, 0.25) is 5.88 Å². The molecule has 0 aliphatic carbocycles. The number of piperidine rings is 1. The molecule has 1 atom stereocenters. The van der Waals surface area contributed by atoms with Crippen LogP contribution in [0.25, 0.3) is 0 Å². The summed E-state index contributed by atoms with van der Waals surface area (Å²) < 4.78 is 5.70. The first-order valence-corrected chi connectivity index (χ1v) is 7.74. The van der Waals surface area contributed by atoms with E-state index in [4.69, 9.17) is 4.74 Å². The van der Waals surface area contributed by atoms with E-state index in [9.17, 15) is 4.79 Å². The van der Waals surface area contributed by atoms with Crippen LogP contribution in [0.15, 0.2) is 42.9 Å². The van der Waals surface area contributed by atoms with E-state index in [1.54, 1.807) is 42.9 Å². The summed E-state index contributed by atoms with van der Waals surface area (Å²) in [5.41, 5.74) is 0.435. The highest BCUT2D eigenvalue weighted by Crippen LogP contribution is 2.22. The molecule has 120 valence electrons. The Hall–Kier alpha value is -2.47. The van der Waals surface area contributed by atoms with E-state index in [-0.39, 0.29) is 11.9 Å². The minimum atomic E-state index is -0.155. The fraction of sp³-hybridized carbons (Fsp3) is 0.353. The Morgan fingerprint density at radius 3 is 3.00 bits per heavy atom. The van der Waals surface area contributed by atoms with Gasteiger partial charge < -0.3 is 15.0 Å². The predicted molar refractivity (Wildman–Crippen MR) is 86.5 cm³/mol. The van der Waals surface area contributed by atoms with Crippen LogP contribution in [-0.4, -0.2) is 47.0 Å². The highest BCUT2D eigenvalue weighted by atomic mass is 16.5. The summed E-state index contributed by atoms with van der Waals surface area (Å²) in [6.45, 7) is 1.94. The molecule has 1 unspecified atom stereocenters. The third-order valence-corrected chi connectivity index (χ3v) is 3.82. The molecule has 0 radical (unpaired) electrons. The highest BCUT2D eigenvalue weighted by Gasteiger charge is 2.21. The zero-order valence-electron chi connectivity index (χ0n) is 13.1. The smallest absolute Gasteiger partial charge is 0.257 e. The lowest BCUT2D eigenvalue weighted by molar-refractivity contribution is 0.0909. The lowest BCUT2D eigenvalue weighted by Gasteiger charge is -2.30. The molecule has 0 bridgehead atoms. The maximum absolute atomic E-state index is 12.6. The van der Waals surface area contributed by atoms with Crippen molar-refractivity contribution in [1.29, 1.82) is 0 Å². The van der Waals surface area contributed by atoms with Crippen molar-refractivity contribution >= 4 is 5.91 Å². The van der Waals surface area contributed by atoms with E-state index in [2.05, 4.69) is 27.2 Å². The number of hydrogen-bond donors (Lipinski definition) is 1. The Morgan fingerprint density at radius 2 is 2.22 bits per heavy atom. The molecule has 0 aromatic carbocycles. The number of hydrogen-bond acceptors (Lipinski definition) is 5. The zero-order valence-corrected chi connectivity index (χ0v) is 13.1. The van der Waals surface area contributed by atoms with Gasteiger partial charge >= 0.3 is 0 Å². The van der Waals surface area contributed by atoms with Crippen LogP contribution in [0.4, 0.5) is 0 Å². The quantitative estimate of drug-likeness (QED) is 0.936. The van der Waals surface area contributed by atoms with Crippen LogP contribution in [0.5, 0.6) is 11.6 Å².